The molecule has 0 atom stereocenters. The van der Waals surface area contributed by atoms with Crippen LogP contribution in [-0.2, 0) is 4.79 Å². The van der Waals surface area contributed by atoms with Gasteiger partial charge in [-0.25, -0.2) is 0 Å². The molecular formula is C13H14N2O. The number of aromatic nitrogens is 1. The molecule has 1 N–H and O–H groups in total. The minimum Gasteiger partial charge on any atom is -0.325 e. The van der Waals surface area contributed by atoms with E-state index < -0.39 is 0 Å². The van der Waals surface area contributed by atoms with Gasteiger partial charge in [0.15, 0.2) is 0 Å². The van der Waals surface area contributed by atoms with Gasteiger partial charge in [0.25, 0.3) is 0 Å². The Morgan fingerprint density at radius 3 is 2.81 bits per heavy atom. The van der Waals surface area contributed by atoms with Gasteiger partial charge in [0.1, 0.15) is 0 Å². The van der Waals surface area contributed by atoms with Crippen molar-refractivity contribution in [1.29, 1.82) is 0 Å². The van der Waals surface area contributed by atoms with Crippen molar-refractivity contribution in [2.24, 2.45) is 5.92 Å². The number of hydrogen-bond acceptors (Lipinski definition) is 2. The van der Waals surface area contributed by atoms with E-state index in [2.05, 4.69) is 10.3 Å². The molecule has 0 saturated heterocycles. The van der Waals surface area contributed by atoms with Gasteiger partial charge in [-0.2, -0.15) is 0 Å². The monoisotopic (exact) mass is 214 g/mol. The molecule has 0 aliphatic carbocycles. The predicted molar refractivity (Wildman–Crippen MR) is 65.2 cm³/mol. The van der Waals surface area contributed by atoms with Crippen LogP contribution in [0.2, 0.25) is 0 Å². The van der Waals surface area contributed by atoms with Crippen LogP contribution in [0.1, 0.15) is 13.8 Å². The van der Waals surface area contributed by atoms with E-state index in [0.717, 1.165) is 16.6 Å². The van der Waals surface area contributed by atoms with E-state index in [9.17, 15) is 4.79 Å². The normalized spacial score (nSPS) is 10.7. The van der Waals surface area contributed by atoms with Gasteiger partial charge in [-0.05, 0) is 24.3 Å². The summed E-state index contributed by atoms with van der Waals surface area (Å²) >= 11 is 0. The highest BCUT2D eigenvalue weighted by Crippen LogP contribution is 2.21. The topological polar surface area (TPSA) is 42.0 Å². The van der Waals surface area contributed by atoms with Crippen molar-refractivity contribution in [2.45, 2.75) is 13.8 Å². The second-order valence-electron chi connectivity index (χ2n) is 4.02. The highest BCUT2D eigenvalue weighted by Gasteiger charge is 2.08. The molecule has 2 aromatic rings. The Morgan fingerprint density at radius 1 is 1.25 bits per heavy atom. The molecule has 0 fully saturated rings. The summed E-state index contributed by atoms with van der Waals surface area (Å²) in [6, 6.07) is 9.54. The van der Waals surface area contributed by atoms with Gasteiger partial charge >= 0.3 is 0 Å². The number of rotatable bonds is 2. The highest BCUT2D eigenvalue weighted by molar-refractivity contribution is 6.01. The molecule has 0 bridgehead atoms. The van der Waals surface area contributed by atoms with E-state index in [-0.39, 0.29) is 11.8 Å². The van der Waals surface area contributed by atoms with Gasteiger partial charge in [0.2, 0.25) is 5.91 Å². The maximum atomic E-state index is 11.6. The number of benzene rings is 1. The van der Waals surface area contributed by atoms with Gasteiger partial charge in [0, 0.05) is 17.5 Å². The molecule has 0 aliphatic rings. The lowest BCUT2D eigenvalue weighted by atomic mass is 10.1. The predicted octanol–water partition coefficient (Wildman–Crippen LogP) is 2.83. The molecular weight excluding hydrogens is 200 g/mol. The number of pyridine rings is 1. The molecule has 3 nitrogen and oxygen atoms in total. The van der Waals surface area contributed by atoms with Crippen molar-refractivity contribution < 1.29 is 4.79 Å². The summed E-state index contributed by atoms with van der Waals surface area (Å²) in [7, 11) is 0. The van der Waals surface area contributed by atoms with Crippen molar-refractivity contribution in [3.8, 4) is 0 Å². The van der Waals surface area contributed by atoms with E-state index in [1.54, 1.807) is 6.20 Å². The third-order valence-corrected chi connectivity index (χ3v) is 2.43. The fraction of sp³-hybridized carbons (Fsp3) is 0.231. The number of nitrogens with one attached hydrogen (secondary N) is 1. The van der Waals surface area contributed by atoms with E-state index >= 15 is 0 Å². The van der Waals surface area contributed by atoms with Gasteiger partial charge in [-0.3, -0.25) is 9.78 Å². The Bertz CT molecular complexity index is 515. The number of amides is 1. The molecule has 3 heteroatoms. The van der Waals surface area contributed by atoms with E-state index in [4.69, 9.17) is 0 Å². The van der Waals surface area contributed by atoms with Crippen LogP contribution < -0.4 is 5.32 Å². The minimum absolute atomic E-state index is 0.0214. The Kier molecular flexibility index (Phi) is 2.86. The summed E-state index contributed by atoms with van der Waals surface area (Å²) in [4.78, 5) is 15.9. The molecule has 0 aliphatic heterocycles. The average molecular weight is 214 g/mol. The van der Waals surface area contributed by atoms with Crippen molar-refractivity contribution in [1.82, 2.24) is 4.98 Å². The van der Waals surface area contributed by atoms with Crippen LogP contribution in [0.4, 0.5) is 5.69 Å². The molecule has 1 amide bonds. The summed E-state index contributed by atoms with van der Waals surface area (Å²) in [5.74, 6) is 0.00304. The van der Waals surface area contributed by atoms with Gasteiger partial charge < -0.3 is 5.32 Å². The smallest absolute Gasteiger partial charge is 0.226 e. The number of nitrogens with zero attached hydrogens (tertiary/aromatic N) is 1. The summed E-state index contributed by atoms with van der Waals surface area (Å²) < 4.78 is 0. The van der Waals surface area contributed by atoms with E-state index in [1.165, 1.54) is 0 Å². The highest BCUT2D eigenvalue weighted by atomic mass is 16.1. The lowest BCUT2D eigenvalue weighted by Crippen LogP contribution is -2.17. The molecule has 82 valence electrons. The standard InChI is InChI=1S/C13H14N2O/c1-9(2)13(16)15-12-7-3-6-11-10(12)5-4-8-14-11/h3-9H,1-2H3,(H,15,16). The fourth-order valence-corrected chi connectivity index (χ4v) is 1.49. The van der Waals surface area contributed by atoms with E-state index in [0.29, 0.717) is 0 Å². The van der Waals surface area contributed by atoms with Crippen LogP contribution in [0.5, 0.6) is 0 Å². The summed E-state index contributed by atoms with van der Waals surface area (Å²) in [6.45, 7) is 3.75. The largest absolute Gasteiger partial charge is 0.325 e. The Morgan fingerprint density at radius 2 is 2.06 bits per heavy atom. The lowest BCUT2D eigenvalue weighted by Gasteiger charge is -2.09. The third kappa shape index (κ3) is 2.03. The maximum absolute atomic E-state index is 11.6. The molecule has 1 heterocycles. The molecule has 16 heavy (non-hydrogen) atoms. The number of carbonyl (C=O) groups is 1. The van der Waals surface area contributed by atoms with Gasteiger partial charge in [0.05, 0.1) is 11.2 Å². The number of carbonyl (C=O) groups excluding carboxylic acids is 1. The van der Waals surface area contributed by atoms with Crippen LogP contribution in [0.15, 0.2) is 36.5 Å². The van der Waals surface area contributed by atoms with Crippen LogP contribution in [0.3, 0.4) is 0 Å². The number of fused-ring (bicyclic) bond motifs is 1. The zero-order chi connectivity index (χ0) is 11.5. The Labute approximate surface area is 94.5 Å². The first-order valence-electron chi connectivity index (χ1n) is 5.33. The van der Waals surface area contributed by atoms with Gasteiger partial charge in [-0.1, -0.05) is 19.9 Å². The Hall–Kier alpha value is -1.90. The number of hydrogen-bond donors (Lipinski definition) is 1. The second-order valence-corrected chi connectivity index (χ2v) is 4.02. The molecule has 0 radical (unpaired) electrons. The molecule has 0 unspecified atom stereocenters. The first-order chi connectivity index (χ1) is 7.68. The first-order valence-corrected chi connectivity index (χ1v) is 5.33. The van der Waals surface area contributed by atoms with Crippen LogP contribution >= 0.6 is 0 Å². The Balaban J connectivity index is 2.41. The fourth-order valence-electron chi connectivity index (χ4n) is 1.49. The average Bonchev–Trinajstić information content (AvgIpc) is 2.29. The zero-order valence-electron chi connectivity index (χ0n) is 9.40. The van der Waals surface area contributed by atoms with Crippen LogP contribution in [-0.4, -0.2) is 10.9 Å². The lowest BCUT2D eigenvalue weighted by molar-refractivity contribution is -0.118. The van der Waals surface area contributed by atoms with Crippen LogP contribution in [0, 0.1) is 5.92 Å². The van der Waals surface area contributed by atoms with Crippen molar-refractivity contribution in [3.05, 3.63) is 36.5 Å². The quantitative estimate of drug-likeness (QED) is 0.835. The van der Waals surface area contributed by atoms with E-state index in [1.807, 2.05) is 44.2 Å². The molecule has 0 saturated carbocycles. The molecule has 2 rings (SSSR count). The summed E-state index contributed by atoms with van der Waals surface area (Å²) in [5.41, 5.74) is 1.72. The summed E-state index contributed by atoms with van der Waals surface area (Å²) in [5, 5.41) is 3.88. The molecule has 1 aromatic carbocycles. The molecule has 1 aromatic heterocycles. The van der Waals surface area contributed by atoms with Gasteiger partial charge in [-0.15, -0.1) is 0 Å². The second kappa shape index (κ2) is 4.31. The first kappa shape index (κ1) is 10.6. The maximum Gasteiger partial charge on any atom is 0.226 e. The van der Waals surface area contributed by atoms with Crippen molar-refractivity contribution in [3.63, 3.8) is 0 Å². The van der Waals surface area contributed by atoms with Crippen molar-refractivity contribution in [2.75, 3.05) is 5.32 Å². The molecule has 0 spiro atoms. The SMILES string of the molecule is CC(C)C(=O)Nc1cccc2ncccc12. The van der Waals surface area contributed by atoms with Crippen LogP contribution in [0.25, 0.3) is 10.9 Å². The van der Waals surface area contributed by atoms with Crippen molar-refractivity contribution >= 4 is 22.5 Å². The third-order valence-electron chi connectivity index (χ3n) is 2.43. The summed E-state index contributed by atoms with van der Waals surface area (Å²) in [6.07, 6.45) is 1.75. The number of anilines is 1. The minimum atomic E-state index is -0.0214. The zero-order valence-corrected chi connectivity index (χ0v) is 9.40.